The van der Waals surface area contributed by atoms with Crippen LogP contribution in [0.2, 0.25) is 0 Å². The van der Waals surface area contributed by atoms with Crippen LogP contribution in [0.3, 0.4) is 0 Å². The minimum Gasteiger partial charge on any atom is -0.406 e. The molecule has 5 nitrogen and oxygen atoms in total. The lowest BCUT2D eigenvalue weighted by Gasteiger charge is -2.11. The molecular formula is C12H13F3N4O. The van der Waals surface area contributed by atoms with Crippen molar-refractivity contribution in [2.75, 3.05) is 12.4 Å². The monoisotopic (exact) mass is 286 g/mol. The van der Waals surface area contributed by atoms with E-state index in [4.69, 9.17) is 4.42 Å². The third-order valence-electron chi connectivity index (χ3n) is 2.60. The maximum absolute atomic E-state index is 12.7. The molecule has 1 aromatic heterocycles. The van der Waals surface area contributed by atoms with Gasteiger partial charge in [-0.05, 0) is 31.7 Å². The Hall–Kier alpha value is -2.09. The molecular weight excluding hydrogens is 273 g/mol. The van der Waals surface area contributed by atoms with Gasteiger partial charge in [0.15, 0.2) is 0 Å². The lowest BCUT2D eigenvalue weighted by Crippen LogP contribution is -2.06. The lowest BCUT2D eigenvalue weighted by molar-refractivity contribution is -0.137. The number of aromatic nitrogens is 2. The van der Waals surface area contributed by atoms with E-state index in [0.29, 0.717) is 18.0 Å². The quantitative estimate of drug-likeness (QED) is 0.905. The molecule has 0 saturated heterocycles. The van der Waals surface area contributed by atoms with Crippen LogP contribution in [0.4, 0.5) is 24.9 Å². The second-order valence-corrected chi connectivity index (χ2v) is 4.18. The Morgan fingerprint density at radius 2 is 2.00 bits per heavy atom. The largest absolute Gasteiger partial charge is 0.416 e. The first-order valence-electron chi connectivity index (χ1n) is 5.82. The second-order valence-electron chi connectivity index (χ2n) is 4.18. The Kier molecular flexibility index (Phi) is 3.93. The van der Waals surface area contributed by atoms with E-state index in [1.54, 1.807) is 14.0 Å². The zero-order valence-corrected chi connectivity index (χ0v) is 10.9. The van der Waals surface area contributed by atoms with E-state index in [0.717, 1.165) is 12.1 Å². The highest BCUT2D eigenvalue weighted by molar-refractivity contribution is 5.58. The van der Waals surface area contributed by atoms with Crippen molar-refractivity contribution in [2.24, 2.45) is 0 Å². The van der Waals surface area contributed by atoms with Crippen LogP contribution in [0.5, 0.6) is 0 Å². The zero-order valence-electron chi connectivity index (χ0n) is 10.9. The molecule has 0 amide bonds. The smallest absolute Gasteiger partial charge is 0.406 e. The normalized spacial score (nSPS) is 11.7. The number of hydrogen-bond donors (Lipinski definition) is 2. The molecule has 0 aliphatic carbocycles. The molecule has 20 heavy (non-hydrogen) atoms. The highest BCUT2D eigenvalue weighted by atomic mass is 19.4. The standard InChI is InChI=1S/C12H13F3N4O/c1-7-3-4-8(12(13,14)15)5-9(7)17-11-19-18-10(20-11)6-16-2/h3-5,16H,6H2,1-2H3,(H,17,19). The van der Waals surface area contributed by atoms with Crippen molar-refractivity contribution >= 4 is 11.7 Å². The van der Waals surface area contributed by atoms with Gasteiger partial charge in [-0.3, -0.25) is 0 Å². The number of alkyl halides is 3. The molecule has 1 heterocycles. The molecule has 0 spiro atoms. The zero-order chi connectivity index (χ0) is 14.8. The molecule has 0 atom stereocenters. The van der Waals surface area contributed by atoms with Crippen molar-refractivity contribution < 1.29 is 17.6 Å². The van der Waals surface area contributed by atoms with Crippen molar-refractivity contribution in [2.45, 2.75) is 19.6 Å². The van der Waals surface area contributed by atoms with E-state index in [1.165, 1.54) is 6.07 Å². The van der Waals surface area contributed by atoms with Gasteiger partial charge in [0.05, 0.1) is 12.1 Å². The molecule has 0 saturated carbocycles. The molecule has 1 aromatic carbocycles. The highest BCUT2D eigenvalue weighted by Gasteiger charge is 2.30. The summed E-state index contributed by atoms with van der Waals surface area (Å²) in [6.45, 7) is 2.07. The Bertz CT molecular complexity index is 595. The van der Waals surface area contributed by atoms with Crippen molar-refractivity contribution in [3.05, 3.63) is 35.2 Å². The Balaban J connectivity index is 2.23. The molecule has 2 N–H and O–H groups in total. The van der Waals surface area contributed by atoms with E-state index in [1.807, 2.05) is 0 Å². The van der Waals surface area contributed by atoms with Crippen LogP contribution in [0, 0.1) is 6.92 Å². The molecule has 0 aliphatic rings. The molecule has 2 aromatic rings. The summed E-state index contributed by atoms with van der Waals surface area (Å²) in [7, 11) is 1.72. The fraction of sp³-hybridized carbons (Fsp3) is 0.333. The Labute approximate surface area is 113 Å². The number of halogens is 3. The van der Waals surface area contributed by atoms with Crippen molar-refractivity contribution in [3.8, 4) is 0 Å². The van der Waals surface area contributed by atoms with Crippen LogP contribution in [-0.2, 0) is 12.7 Å². The van der Waals surface area contributed by atoms with E-state index in [2.05, 4.69) is 20.8 Å². The minimum atomic E-state index is -4.39. The predicted octanol–water partition coefficient (Wildman–Crippen LogP) is 2.86. The molecule has 8 heteroatoms. The van der Waals surface area contributed by atoms with Gasteiger partial charge in [-0.25, -0.2) is 0 Å². The number of hydrogen-bond acceptors (Lipinski definition) is 5. The Morgan fingerprint density at radius 3 is 2.65 bits per heavy atom. The van der Waals surface area contributed by atoms with Gasteiger partial charge in [-0.1, -0.05) is 11.2 Å². The lowest BCUT2D eigenvalue weighted by atomic mass is 10.1. The number of nitrogens with zero attached hydrogens (tertiary/aromatic N) is 2. The van der Waals surface area contributed by atoms with Crippen LogP contribution in [-0.4, -0.2) is 17.2 Å². The van der Waals surface area contributed by atoms with Gasteiger partial charge < -0.3 is 15.1 Å². The number of anilines is 2. The van der Waals surface area contributed by atoms with Gasteiger partial charge in [0.25, 0.3) is 0 Å². The summed E-state index contributed by atoms with van der Waals surface area (Å²) in [4.78, 5) is 0. The van der Waals surface area contributed by atoms with E-state index < -0.39 is 11.7 Å². The minimum absolute atomic E-state index is 0.0534. The average molecular weight is 286 g/mol. The fourth-order valence-corrected chi connectivity index (χ4v) is 1.57. The Morgan fingerprint density at radius 1 is 1.25 bits per heavy atom. The van der Waals surface area contributed by atoms with Crippen LogP contribution in [0.15, 0.2) is 22.6 Å². The first-order valence-corrected chi connectivity index (χ1v) is 5.82. The molecule has 0 bridgehead atoms. The summed E-state index contributed by atoms with van der Waals surface area (Å²) in [5, 5.41) is 13.0. The summed E-state index contributed by atoms with van der Waals surface area (Å²) in [6, 6.07) is 3.48. The van der Waals surface area contributed by atoms with Crippen molar-refractivity contribution in [1.82, 2.24) is 15.5 Å². The van der Waals surface area contributed by atoms with Gasteiger partial charge in [-0.2, -0.15) is 13.2 Å². The topological polar surface area (TPSA) is 63.0 Å². The maximum atomic E-state index is 12.7. The van der Waals surface area contributed by atoms with Gasteiger partial charge >= 0.3 is 12.2 Å². The number of benzene rings is 1. The van der Waals surface area contributed by atoms with Gasteiger partial charge in [0.1, 0.15) is 0 Å². The van der Waals surface area contributed by atoms with Gasteiger partial charge in [0, 0.05) is 5.69 Å². The average Bonchev–Trinajstić information content (AvgIpc) is 2.78. The predicted molar refractivity (Wildman–Crippen MR) is 66.5 cm³/mol. The van der Waals surface area contributed by atoms with Crippen molar-refractivity contribution in [1.29, 1.82) is 0 Å². The van der Waals surface area contributed by atoms with E-state index >= 15 is 0 Å². The fourth-order valence-electron chi connectivity index (χ4n) is 1.57. The highest BCUT2D eigenvalue weighted by Crippen LogP contribution is 2.32. The molecule has 0 aliphatic heterocycles. The molecule has 0 fully saturated rings. The molecule has 0 unspecified atom stereocenters. The maximum Gasteiger partial charge on any atom is 0.416 e. The third-order valence-corrected chi connectivity index (χ3v) is 2.60. The third kappa shape index (κ3) is 3.27. The summed E-state index contributed by atoms with van der Waals surface area (Å²) >= 11 is 0. The number of rotatable bonds is 4. The van der Waals surface area contributed by atoms with Crippen LogP contribution < -0.4 is 10.6 Å². The first kappa shape index (κ1) is 14.3. The van der Waals surface area contributed by atoms with Crippen LogP contribution >= 0.6 is 0 Å². The van der Waals surface area contributed by atoms with Gasteiger partial charge in [-0.15, -0.1) is 5.10 Å². The molecule has 108 valence electrons. The van der Waals surface area contributed by atoms with Crippen molar-refractivity contribution in [3.63, 3.8) is 0 Å². The van der Waals surface area contributed by atoms with Crippen LogP contribution in [0.1, 0.15) is 17.0 Å². The summed E-state index contributed by atoms with van der Waals surface area (Å²) in [5.74, 6) is 0.347. The van der Waals surface area contributed by atoms with E-state index in [9.17, 15) is 13.2 Å². The van der Waals surface area contributed by atoms with E-state index in [-0.39, 0.29) is 11.7 Å². The summed E-state index contributed by atoms with van der Waals surface area (Å²) in [5.41, 5.74) is 0.186. The van der Waals surface area contributed by atoms with Crippen LogP contribution in [0.25, 0.3) is 0 Å². The SMILES string of the molecule is CNCc1nnc(Nc2cc(C(F)(F)F)ccc2C)o1. The molecule has 0 radical (unpaired) electrons. The van der Waals surface area contributed by atoms with Gasteiger partial charge in [0.2, 0.25) is 5.89 Å². The summed E-state index contributed by atoms with van der Waals surface area (Å²) < 4.78 is 43.2. The first-order chi connectivity index (χ1) is 9.40. The number of nitrogens with one attached hydrogen (secondary N) is 2. The number of aryl methyl sites for hydroxylation is 1. The molecule has 2 rings (SSSR count). The summed E-state index contributed by atoms with van der Waals surface area (Å²) in [6.07, 6.45) is -4.39. The second kappa shape index (κ2) is 5.49.